The maximum Gasteiger partial charge on any atom is 0.240 e. The van der Waals surface area contributed by atoms with Gasteiger partial charge >= 0.3 is 0 Å². The van der Waals surface area contributed by atoms with Gasteiger partial charge in [-0.15, -0.1) is 0 Å². The SMILES string of the molecule is CCc1ccc(S(=O)(=O)NCc2nc(N[C@H](C(N)=O)C(C)C)c3ccccc3n2)cc1. The number of nitrogens with zero attached hydrogens (tertiary/aromatic N) is 2. The molecule has 2 aromatic carbocycles. The highest BCUT2D eigenvalue weighted by atomic mass is 32.2. The first-order chi connectivity index (χ1) is 14.7. The number of hydrogen-bond donors (Lipinski definition) is 3. The Morgan fingerprint density at radius 2 is 1.74 bits per heavy atom. The number of aryl methyl sites for hydroxylation is 1. The fourth-order valence-corrected chi connectivity index (χ4v) is 4.15. The largest absolute Gasteiger partial charge is 0.368 e. The van der Waals surface area contributed by atoms with Crippen molar-refractivity contribution in [2.45, 2.75) is 44.7 Å². The average molecular weight is 442 g/mol. The number of carbonyl (C=O) groups is 1. The molecule has 0 fully saturated rings. The van der Waals surface area contributed by atoms with Crippen molar-refractivity contribution in [2.75, 3.05) is 5.32 Å². The molecule has 0 aliphatic heterocycles. The van der Waals surface area contributed by atoms with Gasteiger partial charge in [-0.25, -0.2) is 23.1 Å². The summed E-state index contributed by atoms with van der Waals surface area (Å²) >= 11 is 0. The van der Waals surface area contributed by atoms with Crippen molar-refractivity contribution < 1.29 is 13.2 Å². The number of rotatable bonds is 9. The minimum absolute atomic E-state index is 0.0562. The van der Waals surface area contributed by atoms with Crippen LogP contribution in [0.4, 0.5) is 5.82 Å². The second-order valence-electron chi connectivity index (χ2n) is 7.60. The molecule has 8 nitrogen and oxygen atoms in total. The molecule has 0 saturated heterocycles. The number of hydrogen-bond acceptors (Lipinski definition) is 6. The summed E-state index contributed by atoms with van der Waals surface area (Å²) in [7, 11) is -3.72. The highest BCUT2D eigenvalue weighted by Gasteiger charge is 2.22. The van der Waals surface area contributed by atoms with Crippen molar-refractivity contribution in [3.8, 4) is 0 Å². The van der Waals surface area contributed by atoms with E-state index in [0.29, 0.717) is 11.3 Å². The van der Waals surface area contributed by atoms with Gasteiger partial charge in [0, 0.05) is 5.39 Å². The van der Waals surface area contributed by atoms with E-state index >= 15 is 0 Å². The molecule has 0 radical (unpaired) electrons. The number of aromatic nitrogens is 2. The molecule has 164 valence electrons. The molecule has 0 unspecified atom stereocenters. The lowest BCUT2D eigenvalue weighted by Crippen LogP contribution is -2.40. The van der Waals surface area contributed by atoms with E-state index < -0.39 is 22.0 Å². The van der Waals surface area contributed by atoms with Crippen LogP contribution in [-0.4, -0.2) is 30.3 Å². The zero-order chi connectivity index (χ0) is 22.6. The van der Waals surface area contributed by atoms with E-state index in [1.165, 1.54) is 0 Å². The minimum Gasteiger partial charge on any atom is -0.368 e. The second kappa shape index (κ2) is 9.40. The fraction of sp³-hybridized carbons (Fsp3) is 0.318. The van der Waals surface area contributed by atoms with Crippen molar-refractivity contribution in [3.05, 3.63) is 59.9 Å². The smallest absolute Gasteiger partial charge is 0.240 e. The van der Waals surface area contributed by atoms with E-state index in [2.05, 4.69) is 20.0 Å². The van der Waals surface area contributed by atoms with E-state index in [9.17, 15) is 13.2 Å². The predicted octanol–water partition coefficient (Wildman–Crippen LogP) is 2.59. The van der Waals surface area contributed by atoms with E-state index in [-0.39, 0.29) is 23.2 Å². The molecule has 0 bridgehead atoms. The molecule has 1 heterocycles. The number of para-hydroxylation sites is 1. The topological polar surface area (TPSA) is 127 Å². The van der Waals surface area contributed by atoms with E-state index in [1.807, 2.05) is 39.0 Å². The summed E-state index contributed by atoms with van der Waals surface area (Å²) in [5.41, 5.74) is 7.22. The van der Waals surface area contributed by atoms with Crippen LogP contribution in [0.5, 0.6) is 0 Å². The monoisotopic (exact) mass is 441 g/mol. The van der Waals surface area contributed by atoms with Gasteiger partial charge in [-0.2, -0.15) is 0 Å². The molecule has 4 N–H and O–H groups in total. The molecule has 9 heteroatoms. The number of amides is 1. The first-order valence-electron chi connectivity index (χ1n) is 10.1. The Morgan fingerprint density at radius 1 is 1.06 bits per heavy atom. The Kier molecular flexibility index (Phi) is 6.87. The van der Waals surface area contributed by atoms with Crippen LogP contribution in [0.15, 0.2) is 53.4 Å². The molecule has 0 spiro atoms. The van der Waals surface area contributed by atoms with E-state index in [4.69, 9.17) is 5.73 Å². The summed E-state index contributed by atoms with van der Waals surface area (Å²) in [4.78, 5) is 21.0. The molecule has 1 aromatic heterocycles. The molecule has 0 aliphatic carbocycles. The number of anilines is 1. The Balaban J connectivity index is 1.89. The van der Waals surface area contributed by atoms with E-state index in [1.54, 1.807) is 30.3 Å². The minimum atomic E-state index is -3.72. The summed E-state index contributed by atoms with van der Waals surface area (Å²) in [5, 5.41) is 3.82. The van der Waals surface area contributed by atoms with Crippen molar-refractivity contribution in [1.82, 2.24) is 14.7 Å². The summed E-state index contributed by atoms with van der Waals surface area (Å²) in [6.07, 6.45) is 0.830. The Morgan fingerprint density at radius 3 is 2.35 bits per heavy atom. The van der Waals surface area contributed by atoms with Crippen LogP contribution in [0.2, 0.25) is 0 Å². The molecule has 31 heavy (non-hydrogen) atoms. The van der Waals surface area contributed by atoms with Crippen LogP contribution in [0.25, 0.3) is 10.9 Å². The van der Waals surface area contributed by atoms with Crippen LogP contribution in [0, 0.1) is 5.92 Å². The van der Waals surface area contributed by atoms with Gasteiger partial charge in [0.05, 0.1) is 17.0 Å². The van der Waals surface area contributed by atoms with Crippen molar-refractivity contribution in [1.29, 1.82) is 0 Å². The number of nitrogens with one attached hydrogen (secondary N) is 2. The lowest BCUT2D eigenvalue weighted by Gasteiger charge is -2.21. The first-order valence-corrected chi connectivity index (χ1v) is 11.6. The summed E-state index contributed by atoms with van der Waals surface area (Å²) in [6.45, 7) is 5.67. The van der Waals surface area contributed by atoms with Gasteiger partial charge in [0.1, 0.15) is 17.7 Å². The third-order valence-electron chi connectivity index (χ3n) is 4.98. The standard InChI is InChI=1S/C22H27N5O3S/c1-4-15-9-11-16(12-10-15)31(29,30)24-13-19-25-18-8-6-5-7-17(18)22(26-19)27-20(14(2)3)21(23)28/h5-12,14,20,24H,4,13H2,1-3H3,(H2,23,28)(H,25,26,27)/t20-/m0/s1. The number of nitrogens with two attached hydrogens (primary N) is 1. The van der Waals surface area contributed by atoms with Gasteiger partial charge in [-0.05, 0) is 42.2 Å². The third-order valence-corrected chi connectivity index (χ3v) is 6.39. The number of carbonyl (C=O) groups excluding carboxylic acids is 1. The number of sulfonamides is 1. The molecule has 1 atom stereocenters. The van der Waals surface area contributed by atoms with Gasteiger partial charge < -0.3 is 11.1 Å². The van der Waals surface area contributed by atoms with Crippen LogP contribution in [-0.2, 0) is 27.8 Å². The number of benzene rings is 2. The lowest BCUT2D eigenvalue weighted by atomic mass is 10.0. The number of fused-ring (bicyclic) bond motifs is 1. The number of primary amides is 1. The van der Waals surface area contributed by atoms with Gasteiger partial charge in [0.2, 0.25) is 15.9 Å². The molecule has 0 saturated carbocycles. The van der Waals surface area contributed by atoms with Crippen LogP contribution in [0.1, 0.15) is 32.2 Å². The van der Waals surface area contributed by atoms with Crippen LogP contribution >= 0.6 is 0 Å². The highest BCUT2D eigenvalue weighted by Crippen LogP contribution is 2.22. The third kappa shape index (κ3) is 5.36. The van der Waals surface area contributed by atoms with Crippen LogP contribution in [0.3, 0.4) is 0 Å². The maximum atomic E-state index is 12.7. The Hall–Kier alpha value is -3.04. The van der Waals surface area contributed by atoms with Gasteiger partial charge in [0.25, 0.3) is 0 Å². The zero-order valence-corrected chi connectivity index (χ0v) is 18.6. The maximum absolute atomic E-state index is 12.7. The second-order valence-corrected chi connectivity index (χ2v) is 9.36. The van der Waals surface area contributed by atoms with Gasteiger partial charge in [-0.1, -0.05) is 45.0 Å². The average Bonchev–Trinajstić information content (AvgIpc) is 2.75. The van der Waals surface area contributed by atoms with Crippen molar-refractivity contribution in [2.24, 2.45) is 11.7 Å². The summed E-state index contributed by atoms with van der Waals surface area (Å²) in [6, 6.07) is 13.4. The molecule has 1 amide bonds. The molecule has 3 rings (SSSR count). The fourth-order valence-electron chi connectivity index (χ4n) is 3.17. The predicted molar refractivity (Wildman–Crippen MR) is 121 cm³/mol. The summed E-state index contributed by atoms with van der Waals surface area (Å²) in [5.74, 6) is 0.168. The highest BCUT2D eigenvalue weighted by molar-refractivity contribution is 7.89. The first kappa shape index (κ1) is 22.6. The molecule has 0 aliphatic rings. The molecular formula is C22H27N5O3S. The molecular weight excluding hydrogens is 414 g/mol. The zero-order valence-electron chi connectivity index (χ0n) is 17.8. The normalized spacial score (nSPS) is 12.8. The molecule has 3 aromatic rings. The van der Waals surface area contributed by atoms with Gasteiger partial charge in [0.15, 0.2) is 0 Å². The van der Waals surface area contributed by atoms with Gasteiger partial charge in [-0.3, -0.25) is 4.79 Å². The van der Waals surface area contributed by atoms with Crippen LogP contribution < -0.4 is 15.8 Å². The van der Waals surface area contributed by atoms with Crippen molar-refractivity contribution in [3.63, 3.8) is 0 Å². The summed E-state index contributed by atoms with van der Waals surface area (Å²) < 4.78 is 27.9. The Labute approximate surface area is 182 Å². The quantitative estimate of drug-likeness (QED) is 0.468. The van der Waals surface area contributed by atoms with Crippen molar-refractivity contribution >= 4 is 32.7 Å². The van der Waals surface area contributed by atoms with E-state index in [0.717, 1.165) is 17.4 Å². The Bertz CT molecular complexity index is 1180. The lowest BCUT2D eigenvalue weighted by molar-refractivity contribution is -0.119.